The highest BCUT2D eigenvalue weighted by atomic mass is 16.5. The second-order valence-electron chi connectivity index (χ2n) is 14.0. The molecule has 0 amide bonds. The lowest BCUT2D eigenvalue weighted by molar-refractivity contribution is 0.487. The number of hydrogen-bond acceptors (Lipinski definition) is 1. The van der Waals surface area contributed by atoms with Crippen LogP contribution in [0.15, 0.2) is 176 Å². The summed E-state index contributed by atoms with van der Waals surface area (Å²) in [6, 6.07) is 64.0. The largest absolute Gasteiger partial charge is 0.458 e. The van der Waals surface area contributed by atoms with Crippen molar-refractivity contribution in [2.75, 3.05) is 0 Å². The van der Waals surface area contributed by atoms with E-state index >= 15 is 0 Å². The second kappa shape index (κ2) is 10.4. The molecule has 8 aromatic carbocycles. The van der Waals surface area contributed by atoms with Crippen molar-refractivity contribution in [2.45, 2.75) is 0 Å². The molecule has 2 aromatic heterocycles. The van der Waals surface area contributed by atoms with Crippen LogP contribution in [-0.2, 0) is 0 Å². The molecule has 0 saturated heterocycles. The molecule has 4 heteroatoms. The topological polar surface area (TPSA) is 19.1 Å². The summed E-state index contributed by atoms with van der Waals surface area (Å²) in [5.41, 5.74) is 15.9. The van der Waals surface area contributed by atoms with Gasteiger partial charge in [-0.3, -0.25) is 0 Å². The standard InChI is InChI=1S/C48H29BN2O/c1-3-12-30(13-4-1)32-22-25-34(26-23-32)50-40-18-9-7-16-35(40)37-29-39-48-45(47(37)50)36-17-8-10-19-41(36)51(48)42-20-11-21-44-46(42)49(39)38-28-33(24-27-43(38)52-44)31-14-5-2-6-15-31/h1-29H. The van der Waals surface area contributed by atoms with Crippen LogP contribution in [0.25, 0.3) is 77.2 Å². The predicted molar refractivity (Wildman–Crippen MR) is 217 cm³/mol. The minimum absolute atomic E-state index is 0.00888. The lowest BCUT2D eigenvalue weighted by atomic mass is 9.34. The number of ether oxygens (including phenoxy) is 1. The first kappa shape index (κ1) is 28.0. The van der Waals surface area contributed by atoms with Gasteiger partial charge in [0.05, 0.1) is 22.1 Å². The van der Waals surface area contributed by atoms with Gasteiger partial charge in [0.1, 0.15) is 11.5 Å². The molecular weight excluding hydrogens is 631 g/mol. The molecule has 3 nitrogen and oxygen atoms in total. The van der Waals surface area contributed by atoms with E-state index in [-0.39, 0.29) is 6.71 Å². The van der Waals surface area contributed by atoms with Crippen molar-refractivity contribution in [2.24, 2.45) is 0 Å². The molecule has 52 heavy (non-hydrogen) atoms. The van der Waals surface area contributed by atoms with Crippen LogP contribution in [-0.4, -0.2) is 15.8 Å². The molecule has 10 aromatic rings. The van der Waals surface area contributed by atoms with Crippen molar-refractivity contribution in [3.8, 4) is 45.1 Å². The number of rotatable bonds is 3. The van der Waals surface area contributed by atoms with Crippen molar-refractivity contribution in [3.05, 3.63) is 176 Å². The quantitative estimate of drug-likeness (QED) is 0.173. The number of benzene rings is 8. The van der Waals surface area contributed by atoms with Crippen LogP contribution < -0.4 is 21.1 Å². The fourth-order valence-electron chi connectivity index (χ4n) is 9.19. The summed E-state index contributed by atoms with van der Waals surface area (Å²) in [5.74, 6) is 1.85. The number of para-hydroxylation sites is 2. The molecule has 0 spiro atoms. The van der Waals surface area contributed by atoms with Crippen LogP contribution >= 0.6 is 0 Å². The number of aromatic nitrogens is 2. The van der Waals surface area contributed by atoms with Gasteiger partial charge in [-0.1, -0.05) is 133 Å². The molecule has 0 aliphatic carbocycles. The number of hydrogen-bond donors (Lipinski definition) is 0. The van der Waals surface area contributed by atoms with E-state index in [1.165, 1.54) is 87.9 Å². The van der Waals surface area contributed by atoms with Crippen LogP contribution in [0.4, 0.5) is 0 Å². The minimum atomic E-state index is 0.00888. The molecule has 2 aliphatic heterocycles. The fourth-order valence-corrected chi connectivity index (χ4v) is 9.19. The monoisotopic (exact) mass is 660 g/mol. The third kappa shape index (κ3) is 3.71. The van der Waals surface area contributed by atoms with E-state index in [0.717, 1.165) is 17.2 Å². The minimum Gasteiger partial charge on any atom is -0.458 e. The van der Waals surface area contributed by atoms with E-state index < -0.39 is 0 Å². The zero-order chi connectivity index (χ0) is 33.9. The first-order valence-corrected chi connectivity index (χ1v) is 18.0. The average Bonchev–Trinajstić information content (AvgIpc) is 3.73. The van der Waals surface area contributed by atoms with Crippen LogP contribution in [0, 0.1) is 0 Å². The van der Waals surface area contributed by atoms with E-state index in [9.17, 15) is 0 Å². The van der Waals surface area contributed by atoms with Crippen LogP contribution in [0.1, 0.15) is 0 Å². The normalized spacial score (nSPS) is 12.7. The fraction of sp³-hybridized carbons (Fsp3) is 0. The Kier molecular flexibility index (Phi) is 5.58. The molecular formula is C48H29BN2O. The van der Waals surface area contributed by atoms with E-state index in [0.29, 0.717) is 0 Å². The van der Waals surface area contributed by atoms with E-state index in [4.69, 9.17) is 4.74 Å². The van der Waals surface area contributed by atoms with Gasteiger partial charge in [0, 0.05) is 32.9 Å². The van der Waals surface area contributed by atoms with Crippen LogP contribution in [0.3, 0.4) is 0 Å². The summed E-state index contributed by atoms with van der Waals surface area (Å²) in [4.78, 5) is 0. The summed E-state index contributed by atoms with van der Waals surface area (Å²) in [5, 5.41) is 5.06. The van der Waals surface area contributed by atoms with Gasteiger partial charge in [-0.25, -0.2) is 0 Å². The Balaban J connectivity index is 1.22. The molecule has 0 radical (unpaired) electrons. The molecule has 2 aliphatic rings. The summed E-state index contributed by atoms with van der Waals surface area (Å²) >= 11 is 0. The summed E-state index contributed by atoms with van der Waals surface area (Å²) < 4.78 is 11.8. The van der Waals surface area contributed by atoms with Gasteiger partial charge < -0.3 is 13.9 Å². The van der Waals surface area contributed by atoms with Crippen molar-refractivity contribution >= 4 is 66.7 Å². The molecule has 240 valence electrons. The van der Waals surface area contributed by atoms with Gasteiger partial charge in [0.2, 0.25) is 0 Å². The maximum Gasteiger partial charge on any atom is 0.256 e. The third-order valence-electron chi connectivity index (χ3n) is 11.4. The van der Waals surface area contributed by atoms with E-state index in [1.54, 1.807) is 0 Å². The first-order chi connectivity index (χ1) is 25.8. The Labute approximate surface area is 300 Å². The zero-order valence-electron chi connectivity index (χ0n) is 28.1. The summed E-state index contributed by atoms with van der Waals surface area (Å²) in [7, 11) is 0. The van der Waals surface area contributed by atoms with Gasteiger partial charge in [0.15, 0.2) is 0 Å². The Morgan fingerprint density at radius 2 is 1.04 bits per heavy atom. The maximum absolute atomic E-state index is 6.76. The van der Waals surface area contributed by atoms with Gasteiger partial charge in [-0.2, -0.15) is 0 Å². The summed E-state index contributed by atoms with van der Waals surface area (Å²) in [6.45, 7) is 0.00888. The highest BCUT2D eigenvalue weighted by molar-refractivity contribution is 6.99. The Hall–Kier alpha value is -6.78. The average molecular weight is 661 g/mol. The predicted octanol–water partition coefficient (Wildman–Crippen LogP) is 10.2. The molecule has 0 atom stereocenters. The molecule has 12 rings (SSSR count). The second-order valence-corrected chi connectivity index (χ2v) is 14.0. The number of nitrogens with zero attached hydrogens (tertiary/aromatic N) is 2. The van der Waals surface area contributed by atoms with E-state index in [2.05, 4.69) is 185 Å². The van der Waals surface area contributed by atoms with Crippen molar-refractivity contribution < 1.29 is 4.74 Å². The van der Waals surface area contributed by atoms with Gasteiger partial charge in [-0.05, 0) is 81.1 Å². The van der Waals surface area contributed by atoms with Crippen molar-refractivity contribution in [1.29, 1.82) is 0 Å². The van der Waals surface area contributed by atoms with Crippen molar-refractivity contribution in [1.82, 2.24) is 9.13 Å². The Bertz CT molecular complexity index is 3080. The van der Waals surface area contributed by atoms with Crippen LogP contribution in [0.5, 0.6) is 11.5 Å². The Morgan fingerprint density at radius 3 is 1.81 bits per heavy atom. The molecule has 0 fully saturated rings. The molecule has 0 bridgehead atoms. The Morgan fingerprint density at radius 1 is 0.404 bits per heavy atom. The highest BCUT2D eigenvalue weighted by Gasteiger charge is 2.41. The van der Waals surface area contributed by atoms with Crippen LogP contribution in [0.2, 0.25) is 0 Å². The smallest absolute Gasteiger partial charge is 0.256 e. The SMILES string of the molecule is c1ccc(-c2ccc(-n3c4ccccc4c4cc5c6c(c7ccccc7n6-c6cccc7c6B5c5cc(-c6ccccc6)ccc5O7)c43)cc2)cc1. The van der Waals surface area contributed by atoms with E-state index in [1.807, 2.05) is 0 Å². The molecule has 0 unspecified atom stereocenters. The number of fused-ring (bicyclic) bond motifs is 11. The first-order valence-electron chi connectivity index (χ1n) is 18.0. The lowest BCUT2D eigenvalue weighted by Crippen LogP contribution is -2.58. The molecule has 4 heterocycles. The van der Waals surface area contributed by atoms with Crippen molar-refractivity contribution in [3.63, 3.8) is 0 Å². The highest BCUT2D eigenvalue weighted by Crippen LogP contribution is 2.44. The molecule has 0 saturated carbocycles. The third-order valence-corrected chi connectivity index (χ3v) is 11.4. The maximum atomic E-state index is 6.76. The lowest BCUT2D eigenvalue weighted by Gasteiger charge is -2.33. The molecule has 0 N–H and O–H groups in total. The van der Waals surface area contributed by atoms with Gasteiger partial charge in [0.25, 0.3) is 6.71 Å². The summed E-state index contributed by atoms with van der Waals surface area (Å²) in [6.07, 6.45) is 0. The van der Waals surface area contributed by atoms with Gasteiger partial charge in [-0.15, -0.1) is 0 Å². The van der Waals surface area contributed by atoms with Gasteiger partial charge >= 0.3 is 0 Å². The zero-order valence-corrected chi connectivity index (χ0v) is 28.1.